The van der Waals surface area contributed by atoms with Crippen molar-refractivity contribution in [2.24, 2.45) is 11.7 Å². The molecule has 0 heterocycles. The van der Waals surface area contributed by atoms with Gasteiger partial charge in [-0.1, -0.05) is 22.9 Å². The maximum Gasteiger partial charge on any atom is 0.122 e. The molecule has 0 bridgehead atoms. The first-order chi connectivity index (χ1) is 8.67. The van der Waals surface area contributed by atoms with E-state index in [1.807, 2.05) is 12.1 Å². The van der Waals surface area contributed by atoms with Gasteiger partial charge < -0.3 is 15.8 Å². The highest BCUT2D eigenvalue weighted by atomic mass is 79.9. The highest BCUT2D eigenvalue weighted by Gasteiger charge is 2.04. The van der Waals surface area contributed by atoms with Gasteiger partial charge >= 0.3 is 0 Å². The Kier molecular flexibility index (Phi) is 7.32. The number of hydrogen-bond acceptors (Lipinski definition) is 3. The van der Waals surface area contributed by atoms with Gasteiger partial charge in [-0.15, -0.1) is 0 Å². The second-order valence-electron chi connectivity index (χ2n) is 4.59. The third-order valence-corrected chi connectivity index (χ3v) is 3.46. The van der Waals surface area contributed by atoms with Gasteiger partial charge in [0.1, 0.15) is 5.75 Å². The summed E-state index contributed by atoms with van der Waals surface area (Å²) in [5.74, 6) is 1.59. The van der Waals surface area contributed by atoms with Crippen LogP contribution in [0, 0.1) is 5.92 Å². The van der Waals surface area contributed by atoms with Gasteiger partial charge in [0.05, 0.1) is 7.11 Å². The number of benzene rings is 1. The zero-order valence-electron chi connectivity index (χ0n) is 11.2. The minimum absolute atomic E-state index is 0.638. The SMILES string of the molecule is COc1ccc(Br)cc1CCNCC(C)CCN. The molecule has 102 valence electrons. The molecule has 3 N–H and O–H groups in total. The first-order valence-electron chi connectivity index (χ1n) is 6.40. The molecule has 0 amide bonds. The standard InChI is InChI=1S/C14H23BrN2O/c1-11(5-7-16)10-17-8-6-12-9-13(15)3-4-14(12)18-2/h3-4,9,11,17H,5-8,10,16H2,1-2H3. The van der Waals surface area contributed by atoms with Crippen LogP contribution < -0.4 is 15.8 Å². The summed E-state index contributed by atoms with van der Waals surface area (Å²) < 4.78 is 6.44. The first-order valence-corrected chi connectivity index (χ1v) is 7.20. The lowest BCUT2D eigenvalue weighted by molar-refractivity contribution is 0.408. The molecule has 1 unspecified atom stereocenters. The van der Waals surface area contributed by atoms with Crippen LogP contribution in [0.5, 0.6) is 5.75 Å². The number of nitrogens with one attached hydrogen (secondary N) is 1. The van der Waals surface area contributed by atoms with E-state index in [9.17, 15) is 0 Å². The minimum atomic E-state index is 0.638. The number of ether oxygens (including phenoxy) is 1. The monoisotopic (exact) mass is 314 g/mol. The average molecular weight is 315 g/mol. The van der Waals surface area contributed by atoms with Crippen molar-refractivity contribution in [1.82, 2.24) is 5.32 Å². The fraction of sp³-hybridized carbons (Fsp3) is 0.571. The van der Waals surface area contributed by atoms with Crippen molar-refractivity contribution in [3.63, 3.8) is 0 Å². The van der Waals surface area contributed by atoms with Crippen molar-refractivity contribution in [2.75, 3.05) is 26.7 Å². The van der Waals surface area contributed by atoms with E-state index in [4.69, 9.17) is 10.5 Å². The van der Waals surface area contributed by atoms with E-state index in [-0.39, 0.29) is 0 Å². The van der Waals surface area contributed by atoms with E-state index < -0.39 is 0 Å². The molecular weight excluding hydrogens is 292 g/mol. The van der Waals surface area contributed by atoms with Gasteiger partial charge in [0.15, 0.2) is 0 Å². The molecule has 1 atom stereocenters. The summed E-state index contributed by atoms with van der Waals surface area (Å²) in [6.07, 6.45) is 2.05. The third-order valence-electron chi connectivity index (χ3n) is 2.97. The van der Waals surface area contributed by atoms with Gasteiger partial charge in [0.2, 0.25) is 0 Å². The van der Waals surface area contributed by atoms with Crippen molar-refractivity contribution in [2.45, 2.75) is 19.8 Å². The predicted molar refractivity (Wildman–Crippen MR) is 80.1 cm³/mol. The van der Waals surface area contributed by atoms with E-state index >= 15 is 0 Å². The Balaban J connectivity index is 2.36. The number of nitrogens with two attached hydrogens (primary N) is 1. The van der Waals surface area contributed by atoms with E-state index in [0.717, 1.165) is 42.7 Å². The van der Waals surface area contributed by atoms with Crippen LogP contribution in [0.25, 0.3) is 0 Å². The smallest absolute Gasteiger partial charge is 0.122 e. The quantitative estimate of drug-likeness (QED) is 0.725. The highest BCUT2D eigenvalue weighted by Crippen LogP contribution is 2.23. The molecule has 4 heteroatoms. The average Bonchev–Trinajstić information content (AvgIpc) is 2.35. The Hall–Kier alpha value is -0.580. The molecule has 1 aromatic carbocycles. The van der Waals surface area contributed by atoms with Crippen LogP contribution in [0.1, 0.15) is 18.9 Å². The predicted octanol–water partition coefficient (Wildman–Crippen LogP) is 2.57. The molecule has 1 rings (SSSR count). The van der Waals surface area contributed by atoms with E-state index in [1.54, 1.807) is 7.11 Å². The number of methoxy groups -OCH3 is 1. The molecule has 0 aliphatic rings. The molecule has 3 nitrogen and oxygen atoms in total. The minimum Gasteiger partial charge on any atom is -0.496 e. The second kappa shape index (κ2) is 8.51. The lowest BCUT2D eigenvalue weighted by Crippen LogP contribution is -2.25. The summed E-state index contributed by atoms with van der Waals surface area (Å²) in [4.78, 5) is 0. The molecular formula is C14H23BrN2O. The van der Waals surface area contributed by atoms with Crippen LogP contribution in [0.2, 0.25) is 0 Å². The Labute approximate surface area is 118 Å². The van der Waals surface area contributed by atoms with E-state index in [1.165, 1.54) is 5.56 Å². The van der Waals surface area contributed by atoms with Crippen LogP contribution in [-0.2, 0) is 6.42 Å². The highest BCUT2D eigenvalue weighted by molar-refractivity contribution is 9.10. The van der Waals surface area contributed by atoms with Crippen molar-refractivity contribution < 1.29 is 4.74 Å². The lowest BCUT2D eigenvalue weighted by atomic mass is 10.1. The molecule has 0 aliphatic carbocycles. The molecule has 0 saturated heterocycles. The van der Waals surface area contributed by atoms with Crippen LogP contribution in [0.15, 0.2) is 22.7 Å². The fourth-order valence-corrected chi connectivity index (χ4v) is 2.31. The summed E-state index contributed by atoms with van der Waals surface area (Å²) in [5, 5.41) is 3.46. The van der Waals surface area contributed by atoms with Gasteiger partial charge in [-0.2, -0.15) is 0 Å². The summed E-state index contributed by atoms with van der Waals surface area (Å²) in [5.41, 5.74) is 6.76. The van der Waals surface area contributed by atoms with E-state index in [0.29, 0.717) is 5.92 Å². The van der Waals surface area contributed by atoms with Gasteiger partial charge in [-0.3, -0.25) is 0 Å². The Bertz CT molecular complexity index is 358. The maximum atomic E-state index is 5.53. The van der Waals surface area contributed by atoms with Crippen molar-refractivity contribution in [3.05, 3.63) is 28.2 Å². The van der Waals surface area contributed by atoms with Gasteiger partial charge in [0, 0.05) is 4.47 Å². The fourth-order valence-electron chi connectivity index (χ4n) is 1.90. The molecule has 0 aliphatic heterocycles. The Morgan fingerprint density at radius 1 is 1.44 bits per heavy atom. The summed E-state index contributed by atoms with van der Waals surface area (Å²) in [6.45, 7) is 4.97. The zero-order chi connectivity index (χ0) is 13.4. The lowest BCUT2D eigenvalue weighted by Gasteiger charge is -2.12. The summed E-state index contributed by atoms with van der Waals surface area (Å²) in [7, 11) is 1.71. The van der Waals surface area contributed by atoms with Crippen LogP contribution in [-0.4, -0.2) is 26.7 Å². The summed E-state index contributed by atoms with van der Waals surface area (Å²) in [6, 6.07) is 6.11. The number of hydrogen-bond donors (Lipinski definition) is 2. The molecule has 1 aromatic rings. The molecule has 0 saturated carbocycles. The normalized spacial score (nSPS) is 12.4. The summed E-state index contributed by atoms with van der Waals surface area (Å²) >= 11 is 3.49. The number of rotatable bonds is 8. The van der Waals surface area contributed by atoms with E-state index in [2.05, 4.69) is 34.2 Å². The Morgan fingerprint density at radius 3 is 2.89 bits per heavy atom. The topological polar surface area (TPSA) is 47.3 Å². The van der Waals surface area contributed by atoms with Crippen LogP contribution >= 0.6 is 15.9 Å². The maximum absolute atomic E-state index is 5.53. The van der Waals surface area contributed by atoms with Gasteiger partial charge in [0.25, 0.3) is 0 Å². The van der Waals surface area contributed by atoms with Crippen LogP contribution in [0.4, 0.5) is 0 Å². The first kappa shape index (κ1) is 15.5. The molecule has 0 radical (unpaired) electrons. The number of halogens is 1. The van der Waals surface area contributed by atoms with Crippen LogP contribution in [0.3, 0.4) is 0 Å². The molecule has 0 spiro atoms. The van der Waals surface area contributed by atoms with Gasteiger partial charge in [-0.25, -0.2) is 0 Å². The Morgan fingerprint density at radius 2 is 2.22 bits per heavy atom. The van der Waals surface area contributed by atoms with Crippen molar-refractivity contribution in [1.29, 1.82) is 0 Å². The second-order valence-corrected chi connectivity index (χ2v) is 5.51. The largest absolute Gasteiger partial charge is 0.496 e. The molecule has 0 aromatic heterocycles. The zero-order valence-corrected chi connectivity index (χ0v) is 12.8. The molecule has 18 heavy (non-hydrogen) atoms. The van der Waals surface area contributed by atoms with Gasteiger partial charge in [-0.05, 0) is 62.2 Å². The molecule has 0 fully saturated rings. The van der Waals surface area contributed by atoms with Crippen molar-refractivity contribution >= 4 is 15.9 Å². The van der Waals surface area contributed by atoms with Crippen molar-refractivity contribution in [3.8, 4) is 5.75 Å². The third kappa shape index (κ3) is 5.38.